The van der Waals surface area contributed by atoms with Gasteiger partial charge in [0.2, 0.25) is 0 Å². The number of ether oxygens (including phenoxy) is 1. The van der Waals surface area contributed by atoms with Crippen LogP contribution in [0.1, 0.15) is 55.2 Å². The summed E-state index contributed by atoms with van der Waals surface area (Å²) >= 11 is 0. The van der Waals surface area contributed by atoms with Gasteiger partial charge in [0.15, 0.2) is 0 Å². The Balaban J connectivity index is 1.78. The fourth-order valence-electron chi connectivity index (χ4n) is 4.81. The van der Waals surface area contributed by atoms with Crippen LogP contribution < -0.4 is 4.74 Å². The van der Waals surface area contributed by atoms with E-state index in [4.69, 9.17) is 0 Å². The van der Waals surface area contributed by atoms with Crippen molar-refractivity contribution in [1.29, 1.82) is 0 Å². The van der Waals surface area contributed by atoms with Gasteiger partial charge in [-0.25, -0.2) is 4.39 Å². The van der Waals surface area contributed by atoms with Crippen molar-refractivity contribution in [3.05, 3.63) is 77.1 Å². The van der Waals surface area contributed by atoms with Crippen LogP contribution in [0.25, 0.3) is 10.8 Å². The summed E-state index contributed by atoms with van der Waals surface area (Å²) in [5.74, 6) is 0.642. The van der Waals surface area contributed by atoms with Crippen LogP contribution in [0.5, 0.6) is 5.75 Å². The second-order valence-corrected chi connectivity index (χ2v) is 7.83. The van der Waals surface area contributed by atoms with Crippen molar-refractivity contribution < 1.29 is 17.9 Å². The number of halogens is 3. The third-order valence-corrected chi connectivity index (χ3v) is 6.12. The van der Waals surface area contributed by atoms with Gasteiger partial charge in [-0.2, -0.15) is 8.78 Å². The molecule has 3 aromatic rings. The standard InChI is InChI=1S/C25H25F3O/c1-2-3-5-16-10-13-20-19-6-4-7-23(26)21(19)14-15-22(20)24(16)17-8-11-18(12-9-17)29-25(27)28/h4,6-9,11-12,14-16,24-25H,2-3,5,10,13H2,1H3/t16-,24-/m1/s1. The minimum absolute atomic E-state index is 0.172. The van der Waals surface area contributed by atoms with E-state index in [0.29, 0.717) is 11.3 Å². The number of aryl methyl sites for hydroxylation is 1. The van der Waals surface area contributed by atoms with E-state index in [1.165, 1.54) is 17.2 Å². The maximum Gasteiger partial charge on any atom is 0.387 e. The van der Waals surface area contributed by atoms with Crippen LogP contribution in [-0.2, 0) is 6.42 Å². The van der Waals surface area contributed by atoms with Crippen LogP contribution in [0.15, 0.2) is 54.6 Å². The highest BCUT2D eigenvalue weighted by atomic mass is 19.3. The summed E-state index contributed by atoms with van der Waals surface area (Å²) in [7, 11) is 0. The number of fused-ring (bicyclic) bond motifs is 3. The molecular weight excluding hydrogens is 373 g/mol. The highest BCUT2D eigenvalue weighted by Crippen LogP contribution is 2.45. The molecule has 0 heterocycles. The van der Waals surface area contributed by atoms with Gasteiger partial charge in [-0.05, 0) is 65.5 Å². The van der Waals surface area contributed by atoms with E-state index in [1.807, 2.05) is 24.3 Å². The van der Waals surface area contributed by atoms with E-state index in [9.17, 15) is 13.2 Å². The van der Waals surface area contributed by atoms with Crippen LogP contribution in [-0.4, -0.2) is 6.61 Å². The third-order valence-electron chi connectivity index (χ3n) is 6.12. The molecule has 29 heavy (non-hydrogen) atoms. The minimum atomic E-state index is -2.82. The van der Waals surface area contributed by atoms with Gasteiger partial charge in [0.05, 0.1) is 0 Å². The average Bonchev–Trinajstić information content (AvgIpc) is 2.72. The van der Waals surface area contributed by atoms with Crippen LogP contribution >= 0.6 is 0 Å². The lowest BCUT2D eigenvalue weighted by Gasteiger charge is -2.35. The molecule has 0 saturated heterocycles. The van der Waals surface area contributed by atoms with E-state index in [-0.39, 0.29) is 17.5 Å². The number of unbranched alkanes of at least 4 members (excludes halogenated alkanes) is 1. The van der Waals surface area contributed by atoms with Gasteiger partial charge in [0.25, 0.3) is 0 Å². The Labute approximate surface area is 169 Å². The smallest absolute Gasteiger partial charge is 0.387 e. The fourth-order valence-corrected chi connectivity index (χ4v) is 4.81. The van der Waals surface area contributed by atoms with Crippen LogP contribution in [0, 0.1) is 11.7 Å². The third kappa shape index (κ3) is 3.98. The van der Waals surface area contributed by atoms with Gasteiger partial charge in [-0.1, -0.05) is 56.2 Å². The normalized spacial score (nSPS) is 18.8. The van der Waals surface area contributed by atoms with E-state index in [1.54, 1.807) is 18.2 Å². The molecule has 0 aromatic heterocycles. The first-order valence-electron chi connectivity index (χ1n) is 10.3. The fraction of sp³-hybridized carbons (Fsp3) is 0.360. The molecule has 2 atom stereocenters. The molecule has 1 aliphatic carbocycles. The van der Waals surface area contributed by atoms with Gasteiger partial charge in [0, 0.05) is 11.3 Å². The van der Waals surface area contributed by atoms with Crippen molar-refractivity contribution in [2.45, 2.75) is 51.6 Å². The van der Waals surface area contributed by atoms with Gasteiger partial charge in [-0.3, -0.25) is 0 Å². The molecule has 0 radical (unpaired) electrons. The van der Waals surface area contributed by atoms with Gasteiger partial charge >= 0.3 is 6.61 Å². The molecule has 0 unspecified atom stereocenters. The molecular formula is C25H25F3O. The Morgan fingerprint density at radius 3 is 2.52 bits per heavy atom. The molecule has 0 aliphatic heterocycles. The lowest BCUT2D eigenvalue weighted by Crippen LogP contribution is -2.22. The highest BCUT2D eigenvalue weighted by molar-refractivity contribution is 5.88. The minimum Gasteiger partial charge on any atom is -0.435 e. The molecule has 0 spiro atoms. The lowest BCUT2D eigenvalue weighted by atomic mass is 9.69. The van der Waals surface area contributed by atoms with Gasteiger partial charge < -0.3 is 4.74 Å². The summed E-state index contributed by atoms with van der Waals surface area (Å²) in [6.45, 7) is -0.631. The quantitative estimate of drug-likeness (QED) is 0.419. The molecule has 1 nitrogen and oxygen atoms in total. The maximum absolute atomic E-state index is 14.3. The van der Waals surface area contributed by atoms with E-state index >= 15 is 0 Å². The van der Waals surface area contributed by atoms with Gasteiger partial charge in [-0.15, -0.1) is 0 Å². The van der Waals surface area contributed by atoms with E-state index in [0.717, 1.165) is 43.1 Å². The molecule has 1 aliphatic rings. The summed E-state index contributed by atoms with van der Waals surface area (Å²) in [6, 6.07) is 16.2. The van der Waals surface area contributed by atoms with Crippen molar-refractivity contribution in [2.75, 3.05) is 0 Å². The molecule has 3 aromatic carbocycles. The van der Waals surface area contributed by atoms with Crippen molar-refractivity contribution in [3.8, 4) is 5.75 Å². The summed E-state index contributed by atoms with van der Waals surface area (Å²) in [4.78, 5) is 0. The Bertz CT molecular complexity index is 981. The molecule has 0 amide bonds. The number of hydrogen-bond donors (Lipinski definition) is 0. The topological polar surface area (TPSA) is 9.23 Å². The Kier molecular flexibility index (Phi) is 5.79. The average molecular weight is 398 g/mol. The number of hydrogen-bond acceptors (Lipinski definition) is 1. The Hall–Kier alpha value is -2.49. The Morgan fingerprint density at radius 1 is 1.00 bits per heavy atom. The molecule has 0 fully saturated rings. The maximum atomic E-state index is 14.3. The summed E-state index contributed by atoms with van der Waals surface area (Å²) in [5.41, 5.74) is 3.55. The molecule has 0 saturated carbocycles. The first kappa shape index (κ1) is 19.8. The molecule has 0 N–H and O–H groups in total. The number of rotatable bonds is 6. The zero-order valence-corrected chi connectivity index (χ0v) is 16.5. The van der Waals surface area contributed by atoms with Crippen molar-refractivity contribution in [3.63, 3.8) is 0 Å². The highest BCUT2D eigenvalue weighted by Gasteiger charge is 2.31. The number of alkyl halides is 2. The Morgan fingerprint density at radius 2 is 1.79 bits per heavy atom. The van der Waals surface area contributed by atoms with Crippen LogP contribution in [0.2, 0.25) is 0 Å². The SMILES string of the molecule is CCCC[C@@H]1CCc2c(ccc3c(F)cccc23)[C@H]1c1ccc(OC(F)F)cc1. The monoisotopic (exact) mass is 398 g/mol. The predicted octanol–water partition coefficient (Wildman–Crippen LogP) is 7.46. The first-order chi connectivity index (χ1) is 14.1. The zero-order chi connectivity index (χ0) is 20.4. The van der Waals surface area contributed by atoms with Crippen molar-refractivity contribution in [1.82, 2.24) is 0 Å². The zero-order valence-electron chi connectivity index (χ0n) is 16.5. The van der Waals surface area contributed by atoms with Crippen LogP contribution in [0.3, 0.4) is 0 Å². The second-order valence-electron chi connectivity index (χ2n) is 7.83. The molecule has 152 valence electrons. The number of benzene rings is 3. The first-order valence-corrected chi connectivity index (χ1v) is 10.3. The van der Waals surface area contributed by atoms with E-state index < -0.39 is 6.61 Å². The van der Waals surface area contributed by atoms with Crippen molar-refractivity contribution >= 4 is 10.8 Å². The molecule has 4 rings (SSSR count). The van der Waals surface area contributed by atoms with Gasteiger partial charge in [0.1, 0.15) is 11.6 Å². The summed E-state index contributed by atoms with van der Waals surface area (Å²) in [6.07, 6.45) is 5.40. The van der Waals surface area contributed by atoms with Crippen molar-refractivity contribution in [2.24, 2.45) is 5.92 Å². The summed E-state index contributed by atoms with van der Waals surface area (Å²) in [5, 5.41) is 1.65. The van der Waals surface area contributed by atoms with E-state index in [2.05, 4.69) is 17.7 Å². The molecule has 4 heteroatoms. The molecule has 0 bridgehead atoms. The largest absolute Gasteiger partial charge is 0.435 e. The second kappa shape index (κ2) is 8.48. The lowest BCUT2D eigenvalue weighted by molar-refractivity contribution is -0.0498. The predicted molar refractivity (Wildman–Crippen MR) is 110 cm³/mol. The summed E-state index contributed by atoms with van der Waals surface area (Å²) < 4.78 is 43.8. The van der Waals surface area contributed by atoms with Crippen LogP contribution in [0.4, 0.5) is 13.2 Å².